The predicted octanol–water partition coefficient (Wildman–Crippen LogP) is 3.35. The summed E-state index contributed by atoms with van der Waals surface area (Å²) in [5, 5.41) is 15.5. The number of fused-ring (bicyclic) bond motifs is 1. The molecule has 0 radical (unpaired) electrons. The average Bonchev–Trinajstić information content (AvgIpc) is 3.16. The van der Waals surface area contributed by atoms with Gasteiger partial charge in [0, 0.05) is 23.5 Å². The number of anilines is 2. The Bertz CT molecular complexity index is 1140. The fourth-order valence-electron chi connectivity index (χ4n) is 2.81. The number of carbonyl (C=O) groups excluding carboxylic acids is 1. The van der Waals surface area contributed by atoms with E-state index in [1.807, 2.05) is 30.5 Å². The topological polar surface area (TPSA) is 98.5 Å². The van der Waals surface area contributed by atoms with Gasteiger partial charge in [0.1, 0.15) is 12.1 Å². The molecular weight excluding hydrogens is 354 g/mol. The highest BCUT2D eigenvalue weighted by molar-refractivity contribution is 5.81. The third kappa shape index (κ3) is 3.71. The van der Waals surface area contributed by atoms with Gasteiger partial charge >= 0.3 is 0 Å². The Labute approximate surface area is 161 Å². The van der Waals surface area contributed by atoms with E-state index >= 15 is 0 Å². The summed E-state index contributed by atoms with van der Waals surface area (Å²) in [6.07, 6.45) is 7.88. The van der Waals surface area contributed by atoms with Crippen LogP contribution in [0.3, 0.4) is 0 Å². The van der Waals surface area contributed by atoms with Crippen molar-refractivity contribution in [2.24, 2.45) is 0 Å². The first-order chi connectivity index (χ1) is 13.6. The first-order valence-electron chi connectivity index (χ1n) is 8.95. The van der Waals surface area contributed by atoms with E-state index in [0.29, 0.717) is 17.6 Å². The van der Waals surface area contributed by atoms with Crippen LogP contribution in [-0.4, -0.2) is 36.2 Å². The lowest BCUT2D eigenvalue weighted by Gasteiger charge is -2.09. The van der Waals surface area contributed by atoms with Crippen LogP contribution in [0.15, 0.2) is 49.1 Å². The third-order valence-corrected chi connectivity index (χ3v) is 4.36. The molecule has 0 atom stereocenters. The molecule has 8 nitrogen and oxygen atoms in total. The van der Waals surface area contributed by atoms with Crippen molar-refractivity contribution in [1.29, 1.82) is 0 Å². The molecule has 28 heavy (non-hydrogen) atoms. The van der Waals surface area contributed by atoms with Crippen LogP contribution in [0, 0.1) is 0 Å². The molecule has 0 spiro atoms. The molecule has 140 valence electrons. The van der Waals surface area contributed by atoms with E-state index in [1.54, 1.807) is 23.3 Å². The number of rotatable bonds is 6. The largest absolute Gasteiger partial charge is 0.323 e. The number of hydrogen-bond acceptors (Lipinski definition) is 7. The highest BCUT2D eigenvalue weighted by atomic mass is 16.1. The molecule has 8 heteroatoms. The van der Waals surface area contributed by atoms with Gasteiger partial charge in [-0.15, -0.1) is 5.10 Å². The number of hydrogen-bond donors (Lipinski definition) is 1. The molecule has 0 saturated heterocycles. The Balaban J connectivity index is 1.64. The molecule has 0 fully saturated rings. The van der Waals surface area contributed by atoms with E-state index < -0.39 is 0 Å². The van der Waals surface area contributed by atoms with Crippen LogP contribution in [0.4, 0.5) is 11.6 Å². The van der Waals surface area contributed by atoms with Crippen LogP contribution < -0.4 is 5.32 Å². The normalized spacial score (nSPS) is 11.1. The quantitative estimate of drug-likeness (QED) is 0.517. The third-order valence-electron chi connectivity index (χ3n) is 4.36. The zero-order chi connectivity index (χ0) is 19.5. The summed E-state index contributed by atoms with van der Waals surface area (Å²) < 4.78 is 1.58. The Morgan fingerprint density at radius 3 is 2.79 bits per heavy atom. The smallest absolute Gasteiger partial charge is 0.154 e. The van der Waals surface area contributed by atoms with Crippen LogP contribution in [0.25, 0.3) is 22.2 Å². The minimum absolute atomic E-state index is 0.226. The molecule has 0 saturated carbocycles. The van der Waals surface area contributed by atoms with Gasteiger partial charge in [-0.1, -0.05) is 13.8 Å². The van der Waals surface area contributed by atoms with Gasteiger partial charge < -0.3 is 10.1 Å². The zero-order valence-electron chi connectivity index (χ0n) is 15.6. The van der Waals surface area contributed by atoms with E-state index in [9.17, 15) is 4.79 Å². The Hall–Kier alpha value is -3.68. The Morgan fingerprint density at radius 1 is 1.07 bits per heavy atom. The van der Waals surface area contributed by atoms with E-state index in [0.717, 1.165) is 34.0 Å². The van der Waals surface area contributed by atoms with Gasteiger partial charge in [-0.2, -0.15) is 10.2 Å². The molecule has 4 rings (SSSR count). The molecular formula is C20H19N7O. The van der Waals surface area contributed by atoms with Crippen molar-refractivity contribution in [3.8, 4) is 11.1 Å². The molecule has 0 bridgehead atoms. The molecule has 4 heterocycles. The van der Waals surface area contributed by atoms with E-state index in [4.69, 9.17) is 0 Å². The predicted molar refractivity (Wildman–Crippen MR) is 106 cm³/mol. The number of pyridine rings is 2. The van der Waals surface area contributed by atoms with Crippen LogP contribution in [-0.2, 0) is 11.3 Å². The van der Waals surface area contributed by atoms with Crippen molar-refractivity contribution >= 4 is 29.0 Å². The van der Waals surface area contributed by atoms with Crippen molar-refractivity contribution in [3.63, 3.8) is 0 Å². The van der Waals surface area contributed by atoms with Crippen molar-refractivity contribution in [3.05, 3.63) is 54.6 Å². The second kappa shape index (κ2) is 7.51. The van der Waals surface area contributed by atoms with E-state index in [1.165, 1.54) is 0 Å². The van der Waals surface area contributed by atoms with Gasteiger partial charge in [0.25, 0.3) is 0 Å². The number of carbonyl (C=O) groups is 1. The van der Waals surface area contributed by atoms with Gasteiger partial charge in [-0.3, -0.25) is 9.67 Å². The fraction of sp³-hybridized carbons (Fsp3) is 0.200. The van der Waals surface area contributed by atoms with Crippen molar-refractivity contribution in [1.82, 2.24) is 29.9 Å². The maximum atomic E-state index is 10.6. The first-order valence-corrected chi connectivity index (χ1v) is 8.95. The Kier molecular flexibility index (Phi) is 4.76. The molecule has 0 unspecified atom stereocenters. The molecule has 4 aromatic rings. The number of nitrogens with one attached hydrogen (secondary N) is 1. The molecule has 4 aromatic heterocycles. The zero-order valence-corrected chi connectivity index (χ0v) is 15.6. The summed E-state index contributed by atoms with van der Waals surface area (Å²) >= 11 is 0. The first kappa shape index (κ1) is 17.7. The molecule has 1 N–H and O–H groups in total. The number of aldehydes is 1. The number of nitrogens with zero attached hydrogens (tertiary/aromatic N) is 6. The minimum atomic E-state index is 0.226. The lowest BCUT2D eigenvalue weighted by Crippen LogP contribution is -2.00. The summed E-state index contributed by atoms with van der Waals surface area (Å²) in [6.45, 7) is 4.45. The lowest BCUT2D eigenvalue weighted by atomic mass is 10.1. The highest BCUT2D eigenvalue weighted by Crippen LogP contribution is 2.24. The maximum absolute atomic E-state index is 10.6. The molecule has 0 aromatic carbocycles. The van der Waals surface area contributed by atoms with E-state index in [-0.39, 0.29) is 6.54 Å². The molecule has 0 aliphatic rings. The average molecular weight is 373 g/mol. The highest BCUT2D eigenvalue weighted by Gasteiger charge is 2.07. The standard InChI is InChI=1S/C20H19N7O/c1-13(2)14-8-20(26-22-10-14)25-19-4-3-17-18(24-19)7-15(9-21-17)16-11-23-27(12-16)5-6-28/h3-4,6-13H,5H2,1-2H3,(H,24,25,26). The number of aromatic nitrogens is 6. The lowest BCUT2D eigenvalue weighted by molar-refractivity contribution is -0.108. The van der Waals surface area contributed by atoms with Crippen LogP contribution in [0.5, 0.6) is 0 Å². The monoisotopic (exact) mass is 373 g/mol. The maximum Gasteiger partial charge on any atom is 0.154 e. The van der Waals surface area contributed by atoms with Crippen LogP contribution in [0.2, 0.25) is 0 Å². The SMILES string of the molecule is CC(C)c1cnnc(Nc2ccc3ncc(-c4cnn(CC=O)c4)cc3n2)c1. The fourth-order valence-corrected chi connectivity index (χ4v) is 2.81. The van der Waals surface area contributed by atoms with Crippen LogP contribution in [0.1, 0.15) is 25.3 Å². The Morgan fingerprint density at radius 2 is 1.96 bits per heavy atom. The summed E-state index contributed by atoms with van der Waals surface area (Å²) in [7, 11) is 0. The molecule has 0 aliphatic heterocycles. The molecule has 0 amide bonds. The summed E-state index contributed by atoms with van der Waals surface area (Å²) in [6, 6.07) is 7.69. The van der Waals surface area contributed by atoms with Crippen LogP contribution >= 0.6 is 0 Å². The van der Waals surface area contributed by atoms with E-state index in [2.05, 4.69) is 44.4 Å². The van der Waals surface area contributed by atoms with Crippen molar-refractivity contribution < 1.29 is 4.79 Å². The second-order valence-corrected chi connectivity index (χ2v) is 6.73. The van der Waals surface area contributed by atoms with Gasteiger partial charge in [0.15, 0.2) is 5.82 Å². The van der Waals surface area contributed by atoms with Gasteiger partial charge in [-0.05, 0) is 35.7 Å². The summed E-state index contributed by atoms with van der Waals surface area (Å²) in [5.41, 5.74) is 4.41. The summed E-state index contributed by atoms with van der Waals surface area (Å²) in [4.78, 5) is 19.8. The molecule has 0 aliphatic carbocycles. The minimum Gasteiger partial charge on any atom is -0.323 e. The summed E-state index contributed by atoms with van der Waals surface area (Å²) in [5.74, 6) is 1.68. The second-order valence-electron chi connectivity index (χ2n) is 6.73. The van der Waals surface area contributed by atoms with Gasteiger partial charge in [-0.25, -0.2) is 4.98 Å². The van der Waals surface area contributed by atoms with Gasteiger partial charge in [0.05, 0.1) is 30.0 Å². The van der Waals surface area contributed by atoms with Crippen molar-refractivity contribution in [2.45, 2.75) is 26.3 Å². The van der Waals surface area contributed by atoms with Gasteiger partial charge in [0.2, 0.25) is 0 Å². The van der Waals surface area contributed by atoms with Crippen molar-refractivity contribution in [2.75, 3.05) is 5.32 Å².